The second-order valence-electron chi connectivity index (χ2n) is 6.24. The highest BCUT2D eigenvalue weighted by atomic mass is 127. The number of hydrogen-bond donors (Lipinski definition) is 2. The van der Waals surface area contributed by atoms with E-state index in [1.165, 1.54) is 0 Å². The quantitative estimate of drug-likeness (QED) is 0.261. The molecule has 0 radical (unpaired) electrons. The van der Waals surface area contributed by atoms with E-state index in [0.717, 1.165) is 63.6 Å². The highest BCUT2D eigenvalue weighted by Gasteiger charge is 2.21. The van der Waals surface area contributed by atoms with Crippen LogP contribution >= 0.6 is 24.0 Å². The summed E-state index contributed by atoms with van der Waals surface area (Å²) in [5.74, 6) is 1.22. The second-order valence-corrected chi connectivity index (χ2v) is 6.24. The number of ether oxygens (including phenoxy) is 2. The van der Waals surface area contributed by atoms with E-state index in [4.69, 9.17) is 14.5 Å². The maximum atomic E-state index is 9.57. The van der Waals surface area contributed by atoms with Crippen LogP contribution < -0.4 is 5.32 Å². The summed E-state index contributed by atoms with van der Waals surface area (Å²) in [6.07, 6.45) is 3.32. The molecule has 1 aromatic carbocycles. The van der Waals surface area contributed by atoms with Gasteiger partial charge in [0.15, 0.2) is 5.96 Å². The number of nitrogens with one attached hydrogen (secondary N) is 1. The molecular weight excluding hydrogens is 445 g/mol. The summed E-state index contributed by atoms with van der Waals surface area (Å²) in [4.78, 5) is 7.02. The molecule has 6 nitrogen and oxygen atoms in total. The number of aromatic hydroxyl groups is 1. The van der Waals surface area contributed by atoms with E-state index in [-0.39, 0.29) is 29.7 Å². The molecule has 1 aliphatic heterocycles. The van der Waals surface area contributed by atoms with Gasteiger partial charge >= 0.3 is 0 Å². The minimum Gasteiger partial charge on any atom is -0.508 e. The molecule has 1 fully saturated rings. The molecular formula is C19H32IN3O3. The van der Waals surface area contributed by atoms with Crippen LogP contribution in [0.25, 0.3) is 0 Å². The van der Waals surface area contributed by atoms with Gasteiger partial charge in [0.25, 0.3) is 0 Å². The lowest BCUT2D eigenvalue weighted by Crippen LogP contribution is -2.47. The molecule has 1 aromatic rings. The first-order valence-corrected chi connectivity index (χ1v) is 9.14. The maximum Gasteiger partial charge on any atom is 0.194 e. The zero-order valence-electron chi connectivity index (χ0n) is 15.8. The van der Waals surface area contributed by atoms with Crippen LogP contribution in [0, 0.1) is 0 Å². The van der Waals surface area contributed by atoms with Gasteiger partial charge in [0.2, 0.25) is 0 Å². The monoisotopic (exact) mass is 477 g/mol. The van der Waals surface area contributed by atoms with Crippen molar-refractivity contribution in [3.8, 4) is 5.75 Å². The Bertz CT molecular complexity index is 535. The molecule has 148 valence electrons. The second kappa shape index (κ2) is 13.2. The molecule has 0 spiro atoms. The van der Waals surface area contributed by atoms with Gasteiger partial charge in [0.1, 0.15) is 5.75 Å². The van der Waals surface area contributed by atoms with E-state index in [2.05, 4.69) is 17.1 Å². The molecule has 7 heteroatoms. The highest BCUT2D eigenvalue weighted by Crippen LogP contribution is 2.15. The third-order valence-electron chi connectivity index (χ3n) is 4.24. The summed E-state index contributed by atoms with van der Waals surface area (Å²) in [7, 11) is 1.72. The molecule has 0 atom stereocenters. The SMILES string of the molecule is CCNC(=NCc1cccc(O)c1)N1CCC(OCCCOC)CC1.I. The number of likely N-dealkylation sites (tertiary alicyclic amines) is 1. The number of benzene rings is 1. The van der Waals surface area contributed by atoms with Gasteiger partial charge < -0.3 is 24.8 Å². The molecule has 0 amide bonds. The van der Waals surface area contributed by atoms with Crippen molar-refractivity contribution in [1.82, 2.24) is 10.2 Å². The fourth-order valence-corrected chi connectivity index (χ4v) is 2.93. The van der Waals surface area contributed by atoms with Crippen LogP contribution in [0.2, 0.25) is 0 Å². The number of hydrogen-bond acceptors (Lipinski definition) is 4. The lowest BCUT2D eigenvalue weighted by molar-refractivity contribution is 0.00990. The average Bonchev–Trinajstić information content (AvgIpc) is 2.63. The van der Waals surface area contributed by atoms with Crippen LogP contribution in [0.1, 0.15) is 31.7 Å². The van der Waals surface area contributed by atoms with Gasteiger partial charge in [-0.3, -0.25) is 0 Å². The summed E-state index contributed by atoms with van der Waals surface area (Å²) in [6.45, 7) is 6.89. The topological polar surface area (TPSA) is 66.3 Å². The first-order valence-electron chi connectivity index (χ1n) is 9.14. The molecule has 1 aliphatic rings. The van der Waals surface area contributed by atoms with E-state index in [1.807, 2.05) is 12.1 Å². The largest absolute Gasteiger partial charge is 0.508 e. The third-order valence-corrected chi connectivity index (χ3v) is 4.24. The Balaban J connectivity index is 0.00000338. The summed E-state index contributed by atoms with van der Waals surface area (Å²) >= 11 is 0. The first kappa shape index (κ1) is 23.0. The molecule has 0 bridgehead atoms. The average molecular weight is 477 g/mol. The number of methoxy groups -OCH3 is 1. The van der Waals surface area contributed by atoms with Crippen molar-refractivity contribution in [2.24, 2.45) is 4.99 Å². The van der Waals surface area contributed by atoms with Gasteiger partial charge in [-0.2, -0.15) is 0 Å². The van der Waals surface area contributed by atoms with Crippen LogP contribution in [0.3, 0.4) is 0 Å². The fourth-order valence-electron chi connectivity index (χ4n) is 2.93. The first-order chi connectivity index (χ1) is 12.2. The molecule has 2 N–H and O–H groups in total. The molecule has 2 rings (SSSR count). The summed E-state index contributed by atoms with van der Waals surface area (Å²) in [5.41, 5.74) is 1.01. The minimum atomic E-state index is 0. The maximum absolute atomic E-state index is 9.57. The van der Waals surface area contributed by atoms with Crippen LogP contribution in [0.4, 0.5) is 0 Å². The number of rotatable bonds is 8. The van der Waals surface area contributed by atoms with E-state index in [9.17, 15) is 5.11 Å². The number of piperidine rings is 1. The van der Waals surface area contributed by atoms with Gasteiger partial charge in [0.05, 0.1) is 12.6 Å². The van der Waals surface area contributed by atoms with Gasteiger partial charge in [-0.25, -0.2) is 4.99 Å². The van der Waals surface area contributed by atoms with Gasteiger partial charge in [-0.15, -0.1) is 24.0 Å². The van der Waals surface area contributed by atoms with Crippen molar-refractivity contribution in [2.45, 2.75) is 38.8 Å². The van der Waals surface area contributed by atoms with Crippen molar-refractivity contribution in [1.29, 1.82) is 0 Å². The van der Waals surface area contributed by atoms with E-state index in [0.29, 0.717) is 12.6 Å². The standard InChI is InChI=1S/C19H31N3O3.HI/c1-3-20-19(21-15-16-6-4-7-17(23)14-16)22-10-8-18(9-11-22)25-13-5-12-24-2;/h4,6-7,14,18,23H,3,5,8-13,15H2,1-2H3,(H,20,21);1H. The van der Waals surface area contributed by atoms with Gasteiger partial charge in [0, 0.05) is 40.0 Å². The Morgan fingerprint density at radius 1 is 1.31 bits per heavy atom. The molecule has 1 heterocycles. The van der Waals surface area contributed by atoms with Crippen molar-refractivity contribution < 1.29 is 14.6 Å². The molecule has 26 heavy (non-hydrogen) atoms. The minimum absolute atomic E-state index is 0. The number of phenols is 1. The van der Waals surface area contributed by atoms with Crippen LogP contribution in [-0.4, -0.2) is 62.0 Å². The Morgan fingerprint density at radius 2 is 2.08 bits per heavy atom. The van der Waals surface area contributed by atoms with Crippen molar-refractivity contribution >= 4 is 29.9 Å². The highest BCUT2D eigenvalue weighted by molar-refractivity contribution is 14.0. The molecule has 0 unspecified atom stereocenters. The summed E-state index contributed by atoms with van der Waals surface area (Å²) in [6, 6.07) is 7.26. The number of halogens is 1. The van der Waals surface area contributed by atoms with E-state index in [1.54, 1.807) is 19.2 Å². The zero-order chi connectivity index (χ0) is 17.9. The predicted octanol–water partition coefficient (Wildman–Crippen LogP) is 2.99. The van der Waals surface area contributed by atoms with E-state index >= 15 is 0 Å². The van der Waals surface area contributed by atoms with Crippen LogP contribution in [0.5, 0.6) is 5.75 Å². The Morgan fingerprint density at radius 3 is 2.73 bits per heavy atom. The number of nitrogens with zero attached hydrogens (tertiary/aromatic N) is 2. The molecule has 0 aliphatic carbocycles. The Labute approximate surface area is 174 Å². The lowest BCUT2D eigenvalue weighted by Gasteiger charge is -2.34. The van der Waals surface area contributed by atoms with E-state index < -0.39 is 0 Å². The summed E-state index contributed by atoms with van der Waals surface area (Å²) < 4.78 is 11.0. The zero-order valence-corrected chi connectivity index (χ0v) is 18.1. The lowest BCUT2D eigenvalue weighted by atomic mass is 10.1. The fraction of sp³-hybridized carbons (Fsp3) is 0.632. The number of guanidine groups is 1. The van der Waals surface area contributed by atoms with Gasteiger partial charge in [-0.05, 0) is 43.9 Å². The van der Waals surface area contributed by atoms with Crippen molar-refractivity contribution in [3.63, 3.8) is 0 Å². The molecule has 0 saturated carbocycles. The number of phenolic OH excluding ortho intramolecular Hbond substituents is 1. The molecule has 0 aromatic heterocycles. The van der Waals surface area contributed by atoms with Gasteiger partial charge in [-0.1, -0.05) is 12.1 Å². The third kappa shape index (κ3) is 8.09. The van der Waals surface area contributed by atoms with Crippen molar-refractivity contribution in [3.05, 3.63) is 29.8 Å². The summed E-state index contributed by atoms with van der Waals surface area (Å²) in [5, 5.41) is 12.9. The Hall–Kier alpha value is -1.06. The smallest absolute Gasteiger partial charge is 0.194 e. The number of aliphatic imine (C=N–C) groups is 1. The van der Waals surface area contributed by atoms with Crippen LogP contribution in [0.15, 0.2) is 29.3 Å². The molecule has 1 saturated heterocycles. The van der Waals surface area contributed by atoms with Crippen molar-refractivity contribution in [2.75, 3.05) is 40.0 Å². The van der Waals surface area contributed by atoms with Crippen LogP contribution in [-0.2, 0) is 16.0 Å². The Kier molecular flexibility index (Phi) is 11.6. The normalized spacial score (nSPS) is 15.6. The predicted molar refractivity (Wildman–Crippen MR) is 115 cm³/mol.